The van der Waals surface area contributed by atoms with Gasteiger partial charge in [0.2, 0.25) is 5.69 Å². The van der Waals surface area contributed by atoms with Crippen LogP contribution in [-0.2, 0) is 50.0 Å². The second-order valence-corrected chi connectivity index (χ2v) is 15.4. The van der Waals surface area contributed by atoms with E-state index in [1.807, 2.05) is 0 Å². The third-order valence-corrected chi connectivity index (χ3v) is 10.0. The SMILES string of the molecule is COC(=O)c1c(N)cnn1CCO.COC(=O)c1c([N+](=O)[O-])cnn1CCO.ClCCn1ncc2ncnc(Cl)c21.O=C(O)C1=C([N+](=O)[O-])C=NC1.O=C(OCCCl)C1=C([N+](=O)[O-])C=NC1.O=c1[nH]cnc2cnn(CCO)c12. The van der Waals surface area contributed by atoms with Crippen LogP contribution in [0.2, 0.25) is 5.15 Å². The number of hydrogen-bond acceptors (Lipinski definition) is 27. The number of nitrogens with zero attached hydrogens (tertiary/aromatic N) is 16. The summed E-state index contributed by atoms with van der Waals surface area (Å²) >= 11 is 16.8. The lowest BCUT2D eigenvalue weighted by Gasteiger charge is -2.03. The van der Waals surface area contributed by atoms with Crippen molar-refractivity contribution >= 4 is 105 Å². The van der Waals surface area contributed by atoms with Crippen molar-refractivity contribution in [2.45, 2.75) is 26.2 Å². The van der Waals surface area contributed by atoms with E-state index in [2.05, 4.69) is 64.5 Å². The van der Waals surface area contributed by atoms with Gasteiger partial charge in [-0.15, -0.1) is 23.2 Å². The molecule has 0 aromatic carbocycles. The molecule has 0 saturated carbocycles. The molecule has 39 heteroatoms. The number of hydrogen-bond donors (Lipinski definition) is 6. The molecule has 0 aliphatic carbocycles. The fraction of sp³-hybridized carbons (Fsp3) is 0.350. The second-order valence-electron chi connectivity index (χ2n) is 14.3. The van der Waals surface area contributed by atoms with Crippen LogP contribution in [-0.4, -0.2) is 196 Å². The molecule has 2 aliphatic heterocycles. The van der Waals surface area contributed by atoms with Gasteiger partial charge in [0, 0.05) is 5.88 Å². The van der Waals surface area contributed by atoms with Crippen LogP contribution < -0.4 is 11.3 Å². The molecule has 79 heavy (non-hydrogen) atoms. The molecule has 6 aromatic rings. The van der Waals surface area contributed by atoms with Gasteiger partial charge in [0.1, 0.15) is 59.3 Å². The average molecular weight is 1170 g/mol. The van der Waals surface area contributed by atoms with Gasteiger partial charge in [-0.2, -0.15) is 20.4 Å². The highest BCUT2D eigenvalue weighted by atomic mass is 35.5. The Balaban J connectivity index is 0.000000250. The highest BCUT2D eigenvalue weighted by Gasteiger charge is 2.29. The molecule has 0 atom stereocenters. The molecule has 0 unspecified atom stereocenters. The van der Waals surface area contributed by atoms with Gasteiger partial charge >= 0.3 is 29.6 Å². The van der Waals surface area contributed by atoms with E-state index in [4.69, 9.17) is 61.0 Å². The van der Waals surface area contributed by atoms with Crippen molar-refractivity contribution in [2.24, 2.45) is 9.98 Å². The molecule has 36 nitrogen and oxygen atoms in total. The molecule has 8 rings (SSSR count). The fourth-order valence-corrected chi connectivity index (χ4v) is 6.51. The van der Waals surface area contributed by atoms with Crippen molar-refractivity contribution in [3.05, 3.63) is 117 Å². The summed E-state index contributed by atoms with van der Waals surface area (Å²) in [5, 5.41) is 81.3. The first kappa shape index (κ1) is 64.1. The van der Waals surface area contributed by atoms with Gasteiger partial charge in [-0.1, -0.05) is 11.6 Å². The molecule has 0 saturated heterocycles. The van der Waals surface area contributed by atoms with Gasteiger partial charge in [0.05, 0.1) is 125 Å². The number of carbonyl (C=O) groups is 4. The summed E-state index contributed by atoms with van der Waals surface area (Å²) in [6.07, 6.45) is 10.2. The number of nitrogen functional groups attached to an aromatic ring is 1. The molecule has 6 aromatic heterocycles. The van der Waals surface area contributed by atoms with E-state index in [0.717, 1.165) is 41.5 Å². The molecule has 0 radical (unpaired) electrons. The predicted octanol–water partition coefficient (Wildman–Crippen LogP) is -0.285. The van der Waals surface area contributed by atoms with E-state index in [9.17, 15) is 54.3 Å². The number of aryl methyl sites for hydroxylation is 1. The number of aliphatic hydroxyl groups is 3. The number of H-pyrrole nitrogens is 1. The van der Waals surface area contributed by atoms with E-state index < -0.39 is 50.0 Å². The summed E-state index contributed by atoms with van der Waals surface area (Å²) in [5.41, 5.74) is 6.39. The number of ether oxygens (including phenoxy) is 3. The number of esters is 3. The Hall–Kier alpha value is -9.23. The molecular weight excluding hydrogens is 1130 g/mol. The highest BCUT2D eigenvalue weighted by molar-refractivity contribution is 6.33. The monoisotopic (exact) mass is 1170 g/mol. The van der Waals surface area contributed by atoms with Crippen molar-refractivity contribution in [1.82, 2.24) is 59.1 Å². The zero-order valence-electron chi connectivity index (χ0n) is 41.0. The zero-order chi connectivity index (χ0) is 58.8. The van der Waals surface area contributed by atoms with Crippen LogP contribution in [0.4, 0.5) is 11.4 Å². The van der Waals surface area contributed by atoms with Crippen LogP contribution in [0.15, 0.2) is 74.8 Å². The molecular formula is C40H45Cl3N18O18. The van der Waals surface area contributed by atoms with Crippen molar-refractivity contribution in [3.63, 3.8) is 0 Å². The summed E-state index contributed by atoms with van der Waals surface area (Å²) in [7, 11) is 2.38. The normalized spacial score (nSPS) is 11.9. The number of aliphatic imine (C=N–C) groups is 2. The first-order valence-electron chi connectivity index (χ1n) is 21.8. The van der Waals surface area contributed by atoms with Crippen LogP contribution >= 0.6 is 34.8 Å². The third kappa shape index (κ3) is 17.9. The van der Waals surface area contributed by atoms with Crippen molar-refractivity contribution in [2.75, 3.05) is 71.2 Å². The minimum atomic E-state index is -1.28. The Bertz CT molecular complexity index is 3310. The number of halogens is 3. The largest absolute Gasteiger partial charge is 0.478 e. The molecule has 0 bridgehead atoms. The van der Waals surface area contributed by atoms with Gasteiger partial charge in [0.25, 0.3) is 17.0 Å². The summed E-state index contributed by atoms with van der Waals surface area (Å²) in [5.74, 6) is -2.77. The van der Waals surface area contributed by atoms with Crippen molar-refractivity contribution in [3.8, 4) is 0 Å². The number of nitrogens with two attached hydrogens (primary N) is 1. The van der Waals surface area contributed by atoms with E-state index in [0.29, 0.717) is 35.2 Å². The maximum absolute atomic E-state index is 11.3. The lowest BCUT2D eigenvalue weighted by atomic mass is 10.2. The highest BCUT2D eigenvalue weighted by Crippen LogP contribution is 2.20. The number of anilines is 1. The fourth-order valence-electron chi connectivity index (χ4n) is 6.04. The number of carboxylic acids is 1. The number of fused-ring (bicyclic) bond motifs is 2. The Labute approximate surface area is 455 Å². The number of aliphatic hydroxyl groups excluding tert-OH is 3. The molecule has 8 heterocycles. The predicted molar refractivity (Wildman–Crippen MR) is 273 cm³/mol. The van der Waals surface area contributed by atoms with E-state index in [1.165, 1.54) is 41.5 Å². The number of carbonyl (C=O) groups excluding carboxylic acids is 3. The Morgan fingerprint density at radius 1 is 0.684 bits per heavy atom. The number of methoxy groups -OCH3 is 2. The number of aliphatic carboxylic acids is 1. The number of nitrogens with one attached hydrogen (secondary N) is 1. The first-order chi connectivity index (χ1) is 37.8. The molecule has 0 fully saturated rings. The number of allylic oxidation sites excluding steroid dienone is 2. The molecule has 424 valence electrons. The maximum Gasteiger partial charge on any atom is 0.363 e. The molecule has 0 spiro atoms. The van der Waals surface area contributed by atoms with E-state index in [-0.39, 0.29) is 98.0 Å². The maximum atomic E-state index is 11.3. The lowest BCUT2D eigenvalue weighted by Crippen LogP contribution is -2.15. The Morgan fingerprint density at radius 3 is 1.71 bits per heavy atom. The van der Waals surface area contributed by atoms with Gasteiger partial charge in [0.15, 0.2) is 16.4 Å². The number of nitro groups is 3. The first-order valence-corrected chi connectivity index (χ1v) is 23.2. The third-order valence-electron chi connectivity index (χ3n) is 9.44. The lowest BCUT2D eigenvalue weighted by molar-refractivity contribution is -0.414. The number of carboxylic acid groups (broad SMARTS) is 1. The summed E-state index contributed by atoms with van der Waals surface area (Å²) in [4.78, 5) is 105. The average Bonchev–Trinajstić information content (AvgIpc) is 4.33. The van der Waals surface area contributed by atoms with Gasteiger partial charge < -0.3 is 45.4 Å². The van der Waals surface area contributed by atoms with Gasteiger partial charge in [-0.25, -0.2) is 38.8 Å². The van der Waals surface area contributed by atoms with Crippen molar-refractivity contribution in [1.29, 1.82) is 0 Å². The van der Waals surface area contributed by atoms with Crippen LogP contribution in [0.1, 0.15) is 21.0 Å². The van der Waals surface area contributed by atoms with E-state index in [1.54, 1.807) is 10.9 Å². The summed E-state index contributed by atoms with van der Waals surface area (Å²) in [6, 6.07) is 0. The van der Waals surface area contributed by atoms with Crippen LogP contribution in [0.3, 0.4) is 0 Å². The van der Waals surface area contributed by atoms with Crippen LogP contribution in [0.5, 0.6) is 0 Å². The van der Waals surface area contributed by atoms with E-state index >= 15 is 0 Å². The topological polar surface area (TPSA) is 500 Å². The summed E-state index contributed by atoms with van der Waals surface area (Å²) in [6.45, 7) is 0.632. The standard InChI is InChI=1S/C7H6Cl2N4.C7H7ClN2O4.C7H8N4O2.C7H9N3O5.C7H11N3O3.C5H4N2O4/c8-1-2-13-6-5(3-12-13)10-4-11-7(6)9;8-1-2-14-7(11)5-3-9-4-6(5)10(12)13;12-2-1-11-6-5(3-10-11)8-4-9-7(6)13;1-15-7(12)6-5(10(13)14)4-8-9(6)2-3-11;1-13-7(12)6-5(8)4-9-10(6)2-3-11;8-5(9)3-1-6-2-4(3)7(10)11/h3-4H,1-2H2;4H,1-3H2;3-4,12H,1-2H2,(H,8,9,13);4,11H,2-3H2,1H3;4,11H,2-3,8H2,1H3;2H,1H2,(H,8,9). The molecule has 0 amide bonds. The van der Waals surface area contributed by atoms with Gasteiger partial charge in [-0.05, 0) is 0 Å². The quantitative estimate of drug-likeness (QED) is 0.0171. The number of aromatic amines is 1. The molecule has 7 N–H and O–H groups in total. The number of alkyl halides is 2. The number of rotatable bonds is 17. The minimum Gasteiger partial charge on any atom is -0.478 e. The minimum absolute atomic E-state index is 0.00171. The van der Waals surface area contributed by atoms with Crippen LogP contribution in [0, 0.1) is 30.3 Å². The smallest absolute Gasteiger partial charge is 0.363 e. The zero-order valence-corrected chi connectivity index (χ0v) is 43.2. The van der Waals surface area contributed by atoms with Crippen LogP contribution in [0.25, 0.3) is 22.1 Å². The summed E-state index contributed by atoms with van der Waals surface area (Å²) < 4.78 is 19.0. The second kappa shape index (κ2) is 32.4. The van der Waals surface area contributed by atoms with Gasteiger partial charge in [-0.3, -0.25) is 59.2 Å². The Kier molecular flexibility index (Phi) is 26.3. The van der Waals surface area contributed by atoms with Crippen molar-refractivity contribution < 1.29 is 68.6 Å². The number of aromatic nitrogens is 12. The molecule has 2 aliphatic rings. The Morgan fingerprint density at radius 2 is 1.19 bits per heavy atom.